The second-order valence-electron chi connectivity index (χ2n) is 8.31. The van der Waals surface area contributed by atoms with E-state index in [0.717, 1.165) is 22.2 Å². The number of fused-ring (bicyclic) bond motifs is 1. The number of aromatic nitrogens is 1. The first-order chi connectivity index (χ1) is 15.4. The molecule has 3 aromatic rings. The highest BCUT2D eigenvalue weighted by Crippen LogP contribution is 2.37. The molecule has 2 atom stereocenters. The molecule has 0 amide bonds. The summed E-state index contributed by atoms with van der Waals surface area (Å²) in [5.74, 6) is -6.25. The van der Waals surface area contributed by atoms with Crippen LogP contribution in [0.5, 0.6) is 0 Å². The normalized spacial score (nSPS) is 19.2. The minimum atomic E-state index is -3.60. The summed E-state index contributed by atoms with van der Waals surface area (Å²) < 4.78 is 35.5. The van der Waals surface area contributed by atoms with Crippen molar-refractivity contribution in [3.63, 3.8) is 0 Å². The molecule has 1 N–H and O–H groups in total. The van der Waals surface area contributed by atoms with Crippen molar-refractivity contribution in [1.82, 2.24) is 10.3 Å². The smallest absolute Gasteiger partial charge is 0.377 e. The van der Waals surface area contributed by atoms with E-state index in [0.29, 0.717) is 12.1 Å². The van der Waals surface area contributed by atoms with Crippen LogP contribution >= 0.6 is 0 Å². The first-order valence-corrected chi connectivity index (χ1v) is 10.8. The molecule has 0 radical (unpaired) electrons. The standard InChI is InChI=1S/C25H27F2N3O2/c1-17-10-11-22(21-9-6-12-29-23(17)21)30-14-19(13-20(15-30)28-2)25(26,27)24(31)32-16-18-7-4-3-5-8-18/h3-12,19-20,28H,13-16H2,1-2H3/t19-,20+/m0/s1. The van der Waals surface area contributed by atoms with Gasteiger partial charge in [0.05, 0.1) is 11.4 Å². The molecule has 0 unspecified atom stereocenters. The van der Waals surface area contributed by atoms with Crippen LogP contribution in [0.1, 0.15) is 17.5 Å². The first kappa shape index (κ1) is 22.1. The SMILES string of the molecule is CN[C@@H]1C[C@H](C(F)(F)C(=O)OCc2ccccc2)CN(c2ccc(C)c3ncccc23)C1. The minimum absolute atomic E-state index is 0.0542. The number of hydrogen-bond donors (Lipinski definition) is 1. The summed E-state index contributed by atoms with van der Waals surface area (Å²) in [6.07, 6.45) is 1.91. The highest BCUT2D eigenvalue weighted by atomic mass is 19.3. The summed E-state index contributed by atoms with van der Waals surface area (Å²) in [5, 5.41) is 4.03. The number of benzene rings is 2. The van der Waals surface area contributed by atoms with Crippen molar-refractivity contribution >= 4 is 22.6 Å². The third-order valence-electron chi connectivity index (χ3n) is 6.15. The Morgan fingerprint density at radius 2 is 1.94 bits per heavy atom. The van der Waals surface area contributed by atoms with Crippen molar-refractivity contribution in [2.45, 2.75) is 31.9 Å². The van der Waals surface area contributed by atoms with Crippen molar-refractivity contribution in [2.24, 2.45) is 5.92 Å². The molecular formula is C25H27F2N3O2. The maximum absolute atomic E-state index is 15.2. The van der Waals surface area contributed by atoms with Gasteiger partial charge >= 0.3 is 11.9 Å². The van der Waals surface area contributed by atoms with Gasteiger partial charge in [-0.1, -0.05) is 36.4 Å². The Morgan fingerprint density at radius 3 is 2.69 bits per heavy atom. The van der Waals surface area contributed by atoms with Gasteiger partial charge in [0.2, 0.25) is 0 Å². The Labute approximate surface area is 186 Å². The number of alkyl halides is 2. The van der Waals surface area contributed by atoms with E-state index in [-0.39, 0.29) is 25.6 Å². The van der Waals surface area contributed by atoms with E-state index in [1.165, 1.54) is 0 Å². The van der Waals surface area contributed by atoms with Crippen molar-refractivity contribution in [1.29, 1.82) is 0 Å². The van der Waals surface area contributed by atoms with Crippen LogP contribution in [0.15, 0.2) is 60.8 Å². The van der Waals surface area contributed by atoms with Gasteiger partial charge in [-0.3, -0.25) is 4.98 Å². The fourth-order valence-electron chi connectivity index (χ4n) is 4.33. The van der Waals surface area contributed by atoms with Crippen molar-refractivity contribution in [3.05, 3.63) is 71.9 Å². The Kier molecular flexibility index (Phi) is 6.37. The molecule has 0 aliphatic carbocycles. The molecule has 1 aliphatic heterocycles. The van der Waals surface area contributed by atoms with Gasteiger partial charge in [0, 0.05) is 36.4 Å². The fourth-order valence-corrected chi connectivity index (χ4v) is 4.33. The molecule has 0 spiro atoms. The lowest BCUT2D eigenvalue weighted by Gasteiger charge is -2.41. The van der Waals surface area contributed by atoms with Crippen LogP contribution in [0.4, 0.5) is 14.5 Å². The zero-order valence-electron chi connectivity index (χ0n) is 18.2. The number of likely N-dealkylation sites (N-methyl/N-ethyl adjacent to an activating group) is 1. The number of rotatable bonds is 6. The van der Waals surface area contributed by atoms with E-state index in [9.17, 15) is 4.79 Å². The maximum atomic E-state index is 15.2. The van der Waals surface area contributed by atoms with Crippen LogP contribution in [0.2, 0.25) is 0 Å². The van der Waals surface area contributed by atoms with Gasteiger partial charge in [-0.05, 0) is 49.7 Å². The minimum Gasteiger partial charge on any atom is -0.456 e. The molecule has 0 saturated carbocycles. The summed E-state index contributed by atoms with van der Waals surface area (Å²) in [5.41, 5.74) is 3.39. The number of pyridine rings is 1. The van der Waals surface area contributed by atoms with Crippen molar-refractivity contribution < 1.29 is 18.3 Å². The monoisotopic (exact) mass is 439 g/mol. The number of piperidine rings is 1. The second kappa shape index (κ2) is 9.20. The van der Waals surface area contributed by atoms with Gasteiger partial charge < -0.3 is 15.0 Å². The number of nitrogens with zero attached hydrogens (tertiary/aromatic N) is 2. The van der Waals surface area contributed by atoms with Gasteiger partial charge in [-0.25, -0.2) is 4.79 Å². The summed E-state index contributed by atoms with van der Waals surface area (Å²) in [7, 11) is 1.76. The van der Waals surface area contributed by atoms with Gasteiger partial charge in [0.25, 0.3) is 0 Å². The zero-order chi connectivity index (χ0) is 22.7. The molecule has 1 aliphatic rings. The Bertz CT molecular complexity index is 1090. The number of esters is 1. The largest absolute Gasteiger partial charge is 0.456 e. The van der Waals surface area contributed by atoms with E-state index in [4.69, 9.17) is 4.74 Å². The number of ether oxygens (including phenoxy) is 1. The lowest BCUT2D eigenvalue weighted by Crippen LogP contribution is -2.55. The quantitative estimate of drug-likeness (QED) is 0.580. The Hall–Kier alpha value is -3.06. The summed E-state index contributed by atoms with van der Waals surface area (Å²) in [6.45, 7) is 2.43. The number of halogens is 2. The molecule has 2 aromatic carbocycles. The maximum Gasteiger partial charge on any atom is 0.377 e. The lowest BCUT2D eigenvalue weighted by atomic mass is 9.88. The summed E-state index contributed by atoms with van der Waals surface area (Å²) in [4.78, 5) is 18.8. The molecule has 1 fully saturated rings. The van der Waals surface area contributed by atoms with E-state index < -0.39 is 17.8 Å². The molecule has 7 heteroatoms. The number of carbonyl (C=O) groups is 1. The molecular weight excluding hydrogens is 412 g/mol. The lowest BCUT2D eigenvalue weighted by molar-refractivity contribution is -0.182. The first-order valence-electron chi connectivity index (χ1n) is 10.8. The highest BCUT2D eigenvalue weighted by molar-refractivity contribution is 5.94. The molecule has 32 heavy (non-hydrogen) atoms. The molecule has 2 heterocycles. The number of nitrogens with one attached hydrogen (secondary N) is 1. The number of aryl methyl sites for hydroxylation is 1. The van der Waals surface area contributed by atoms with Crippen LogP contribution in [0, 0.1) is 12.8 Å². The molecule has 168 valence electrons. The summed E-state index contributed by atoms with van der Waals surface area (Å²) in [6, 6.07) is 16.4. The predicted octanol–water partition coefficient (Wildman–Crippen LogP) is 4.34. The molecule has 1 aromatic heterocycles. The fraction of sp³-hybridized carbons (Fsp3) is 0.360. The van der Waals surface area contributed by atoms with Crippen LogP contribution in [-0.4, -0.2) is 43.1 Å². The van der Waals surface area contributed by atoms with Crippen molar-refractivity contribution in [3.8, 4) is 0 Å². The molecule has 1 saturated heterocycles. The van der Waals surface area contributed by atoms with Crippen LogP contribution < -0.4 is 10.2 Å². The molecule has 5 nitrogen and oxygen atoms in total. The van der Waals surface area contributed by atoms with Crippen LogP contribution in [0.25, 0.3) is 10.9 Å². The van der Waals surface area contributed by atoms with E-state index >= 15 is 8.78 Å². The molecule has 0 bridgehead atoms. The van der Waals surface area contributed by atoms with E-state index in [1.807, 2.05) is 42.2 Å². The third kappa shape index (κ3) is 4.43. The van der Waals surface area contributed by atoms with Crippen LogP contribution in [0.3, 0.4) is 0 Å². The van der Waals surface area contributed by atoms with Crippen LogP contribution in [-0.2, 0) is 16.1 Å². The second-order valence-corrected chi connectivity index (χ2v) is 8.31. The number of carbonyl (C=O) groups excluding carboxylic acids is 1. The van der Waals surface area contributed by atoms with Gasteiger partial charge in [-0.15, -0.1) is 0 Å². The van der Waals surface area contributed by atoms with Crippen molar-refractivity contribution in [2.75, 3.05) is 25.0 Å². The van der Waals surface area contributed by atoms with Gasteiger partial charge in [0.1, 0.15) is 6.61 Å². The van der Waals surface area contributed by atoms with Gasteiger partial charge in [0.15, 0.2) is 0 Å². The number of anilines is 1. The highest BCUT2D eigenvalue weighted by Gasteiger charge is 2.51. The average Bonchev–Trinajstić information content (AvgIpc) is 2.83. The topological polar surface area (TPSA) is 54.5 Å². The van der Waals surface area contributed by atoms with E-state index in [2.05, 4.69) is 10.3 Å². The molecule has 4 rings (SSSR count). The summed E-state index contributed by atoms with van der Waals surface area (Å²) >= 11 is 0. The van der Waals surface area contributed by atoms with Gasteiger partial charge in [-0.2, -0.15) is 8.78 Å². The predicted molar refractivity (Wildman–Crippen MR) is 121 cm³/mol. The van der Waals surface area contributed by atoms with E-state index in [1.54, 1.807) is 37.5 Å². The third-order valence-corrected chi connectivity index (χ3v) is 6.15. The number of hydrogen-bond acceptors (Lipinski definition) is 5. The Morgan fingerprint density at radius 1 is 1.16 bits per heavy atom. The zero-order valence-corrected chi connectivity index (χ0v) is 18.2. The average molecular weight is 440 g/mol. The Balaban J connectivity index is 1.57.